The zero-order chi connectivity index (χ0) is 11.2. The summed E-state index contributed by atoms with van der Waals surface area (Å²) in [7, 11) is 0. The molecule has 3 heteroatoms. The molecule has 2 nitrogen and oxygen atoms in total. The first-order valence-electron chi connectivity index (χ1n) is 5.78. The third kappa shape index (κ3) is 3.08. The van der Waals surface area contributed by atoms with Gasteiger partial charge in [0.15, 0.2) is 0 Å². The number of hydrogen-bond acceptors (Lipinski definition) is 3. The number of aliphatic hydroxyl groups excluding tert-OH is 1. The molecule has 0 aliphatic carbocycles. The normalized spacial score (nSPS) is 16.1. The average Bonchev–Trinajstić information content (AvgIpc) is 2.92. The second-order valence-corrected chi connectivity index (χ2v) is 5.02. The average molecular weight is 235 g/mol. The summed E-state index contributed by atoms with van der Waals surface area (Å²) in [6, 6.07) is 2.08. The minimum atomic E-state index is 0.151. The zero-order valence-electron chi connectivity index (χ0n) is 9.41. The summed E-state index contributed by atoms with van der Waals surface area (Å²) < 4.78 is 0. The van der Waals surface area contributed by atoms with Crippen LogP contribution in [0.1, 0.15) is 29.7 Å². The molecule has 1 aliphatic heterocycles. The standard InChI is InChI=1S/C13H17NOS/c15-9-4-1-5-12-6-10-16-13(12)11-14-7-2-3-8-14/h6,10,15H,2-4,7-9,11H2. The molecule has 1 fully saturated rings. The van der Waals surface area contributed by atoms with Gasteiger partial charge in [-0.1, -0.05) is 11.8 Å². The van der Waals surface area contributed by atoms with Crippen LogP contribution >= 0.6 is 11.3 Å². The van der Waals surface area contributed by atoms with Crippen molar-refractivity contribution in [2.45, 2.75) is 25.8 Å². The van der Waals surface area contributed by atoms with Crippen molar-refractivity contribution in [2.24, 2.45) is 0 Å². The van der Waals surface area contributed by atoms with Crippen molar-refractivity contribution in [3.63, 3.8) is 0 Å². The van der Waals surface area contributed by atoms with E-state index in [-0.39, 0.29) is 6.61 Å². The summed E-state index contributed by atoms with van der Waals surface area (Å²) in [4.78, 5) is 3.86. The first-order valence-corrected chi connectivity index (χ1v) is 6.66. The van der Waals surface area contributed by atoms with Crippen molar-refractivity contribution >= 4 is 11.3 Å². The van der Waals surface area contributed by atoms with Gasteiger partial charge in [0.2, 0.25) is 0 Å². The molecule has 1 aliphatic rings. The lowest BCUT2D eigenvalue weighted by Gasteiger charge is -2.13. The molecule has 1 N–H and O–H groups in total. The fraction of sp³-hybridized carbons (Fsp3) is 0.538. The van der Waals surface area contributed by atoms with E-state index in [9.17, 15) is 0 Å². The van der Waals surface area contributed by atoms with Crippen LogP contribution < -0.4 is 0 Å². The predicted octanol–water partition coefficient (Wildman–Crippen LogP) is 2.08. The van der Waals surface area contributed by atoms with Crippen molar-refractivity contribution < 1.29 is 5.11 Å². The molecule has 0 unspecified atom stereocenters. The second kappa shape index (κ2) is 6.05. The highest BCUT2D eigenvalue weighted by atomic mass is 32.1. The smallest absolute Gasteiger partial charge is 0.0540 e. The van der Waals surface area contributed by atoms with Gasteiger partial charge in [0.05, 0.1) is 6.61 Å². The molecule has 0 atom stereocenters. The molecular weight excluding hydrogens is 218 g/mol. The van der Waals surface area contributed by atoms with Crippen LogP contribution in [0.5, 0.6) is 0 Å². The summed E-state index contributed by atoms with van der Waals surface area (Å²) in [6.45, 7) is 3.64. The molecule has 0 aromatic carbocycles. The third-order valence-corrected chi connectivity index (χ3v) is 3.68. The van der Waals surface area contributed by atoms with E-state index >= 15 is 0 Å². The van der Waals surface area contributed by atoms with E-state index in [0.717, 1.165) is 12.1 Å². The van der Waals surface area contributed by atoms with Crippen LogP contribution in [0.25, 0.3) is 0 Å². The number of aliphatic hydroxyl groups is 1. The van der Waals surface area contributed by atoms with Crippen LogP contribution in [0.2, 0.25) is 0 Å². The third-order valence-electron chi connectivity index (χ3n) is 2.77. The van der Waals surface area contributed by atoms with Crippen molar-refractivity contribution in [1.29, 1.82) is 0 Å². The van der Waals surface area contributed by atoms with Gasteiger partial charge >= 0.3 is 0 Å². The maximum atomic E-state index is 8.69. The van der Waals surface area contributed by atoms with Gasteiger partial charge in [0, 0.05) is 23.4 Å². The van der Waals surface area contributed by atoms with Crippen LogP contribution in [0, 0.1) is 11.8 Å². The lowest BCUT2D eigenvalue weighted by atomic mass is 10.2. The van der Waals surface area contributed by atoms with Crippen LogP contribution in [-0.4, -0.2) is 29.7 Å². The molecule has 1 saturated heterocycles. The minimum absolute atomic E-state index is 0.151. The fourth-order valence-electron chi connectivity index (χ4n) is 1.93. The van der Waals surface area contributed by atoms with E-state index in [1.165, 1.54) is 30.8 Å². The topological polar surface area (TPSA) is 23.5 Å². The van der Waals surface area contributed by atoms with Crippen LogP contribution in [-0.2, 0) is 6.54 Å². The van der Waals surface area contributed by atoms with E-state index in [1.807, 2.05) is 0 Å². The molecule has 1 aromatic rings. The van der Waals surface area contributed by atoms with Gasteiger partial charge in [-0.25, -0.2) is 0 Å². The predicted molar refractivity (Wildman–Crippen MR) is 67.4 cm³/mol. The molecule has 0 saturated carbocycles. The molecule has 0 amide bonds. The summed E-state index contributed by atoms with van der Waals surface area (Å²) in [5.74, 6) is 6.13. The first-order chi connectivity index (χ1) is 7.90. The van der Waals surface area contributed by atoms with E-state index in [0.29, 0.717) is 6.42 Å². The van der Waals surface area contributed by atoms with Gasteiger partial charge < -0.3 is 5.11 Å². The molecule has 0 radical (unpaired) electrons. The highest BCUT2D eigenvalue weighted by molar-refractivity contribution is 7.10. The Morgan fingerprint density at radius 1 is 1.38 bits per heavy atom. The maximum Gasteiger partial charge on any atom is 0.0540 e. The van der Waals surface area contributed by atoms with Gasteiger partial charge in [0.25, 0.3) is 0 Å². The Morgan fingerprint density at radius 2 is 2.19 bits per heavy atom. The Bertz CT molecular complexity index is 382. The molecule has 16 heavy (non-hydrogen) atoms. The van der Waals surface area contributed by atoms with E-state index in [2.05, 4.69) is 28.2 Å². The van der Waals surface area contributed by atoms with Crippen LogP contribution in [0.15, 0.2) is 11.4 Å². The first kappa shape index (κ1) is 11.7. The van der Waals surface area contributed by atoms with Gasteiger partial charge in [0.1, 0.15) is 0 Å². The Hall–Kier alpha value is -0.820. The summed E-state index contributed by atoms with van der Waals surface area (Å²) in [6.07, 6.45) is 3.23. The zero-order valence-corrected chi connectivity index (χ0v) is 10.2. The summed E-state index contributed by atoms with van der Waals surface area (Å²) >= 11 is 1.79. The monoisotopic (exact) mass is 235 g/mol. The largest absolute Gasteiger partial charge is 0.395 e. The highest BCUT2D eigenvalue weighted by Gasteiger charge is 2.13. The number of hydrogen-bond donors (Lipinski definition) is 1. The Morgan fingerprint density at radius 3 is 2.94 bits per heavy atom. The quantitative estimate of drug-likeness (QED) is 0.811. The van der Waals surface area contributed by atoms with E-state index in [1.54, 1.807) is 11.3 Å². The van der Waals surface area contributed by atoms with Gasteiger partial charge in [-0.3, -0.25) is 4.90 Å². The van der Waals surface area contributed by atoms with Crippen molar-refractivity contribution in [1.82, 2.24) is 4.90 Å². The lowest BCUT2D eigenvalue weighted by Crippen LogP contribution is -2.18. The molecule has 1 aromatic heterocycles. The van der Waals surface area contributed by atoms with Crippen molar-refractivity contribution in [3.8, 4) is 11.8 Å². The SMILES string of the molecule is OCCC#Cc1ccsc1CN1CCCC1. The molecule has 2 heterocycles. The number of likely N-dealkylation sites (tertiary alicyclic amines) is 1. The van der Waals surface area contributed by atoms with Crippen molar-refractivity contribution in [2.75, 3.05) is 19.7 Å². The molecular formula is C13H17NOS. The fourth-order valence-corrected chi connectivity index (χ4v) is 2.80. The molecule has 86 valence electrons. The Kier molecular flexibility index (Phi) is 4.41. The number of rotatable bonds is 3. The minimum Gasteiger partial charge on any atom is -0.395 e. The second-order valence-electron chi connectivity index (χ2n) is 4.02. The highest BCUT2D eigenvalue weighted by Crippen LogP contribution is 2.20. The van der Waals surface area contributed by atoms with Gasteiger partial charge in [-0.2, -0.15) is 0 Å². The van der Waals surface area contributed by atoms with Crippen molar-refractivity contribution in [3.05, 3.63) is 21.9 Å². The summed E-state index contributed by atoms with van der Waals surface area (Å²) in [5, 5.41) is 10.8. The number of nitrogens with zero attached hydrogens (tertiary/aromatic N) is 1. The summed E-state index contributed by atoms with van der Waals surface area (Å²) in [5.41, 5.74) is 1.14. The Balaban J connectivity index is 1.98. The molecule has 0 bridgehead atoms. The van der Waals surface area contributed by atoms with E-state index < -0.39 is 0 Å². The van der Waals surface area contributed by atoms with Gasteiger partial charge in [-0.15, -0.1) is 11.3 Å². The van der Waals surface area contributed by atoms with Crippen LogP contribution in [0.4, 0.5) is 0 Å². The molecule has 0 spiro atoms. The number of thiophene rings is 1. The van der Waals surface area contributed by atoms with E-state index in [4.69, 9.17) is 5.11 Å². The van der Waals surface area contributed by atoms with Crippen LogP contribution in [0.3, 0.4) is 0 Å². The molecule has 2 rings (SSSR count). The Labute approximate surface area is 101 Å². The lowest BCUT2D eigenvalue weighted by molar-refractivity contribution is 0.305. The van der Waals surface area contributed by atoms with Gasteiger partial charge in [-0.05, 0) is 37.4 Å². The maximum absolute atomic E-state index is 8.69.